The quantitative estimate of drug-likeness (QED) is 0.657. The van der Waals surface area contributed by atoms with Crippen LogP contribution < -0.4 is 10.6 Å². The van der Waals surface area contributed by atoms with E-state index in [-0.39, 0.29) is 5.41 Å². The summed E-state index contributed by atoms with van der Waals surface area (Å²) in [6.07, 6.45) is 8.41. The largest absolute Gasteiger partial charge is 0.378 e. The van der Waals surface area contributed by atoms with Gasteiger partial charge in [0.1, 0.15) is 0 Å². The fourth-order valence-electron chi connectivity index (χ4n) is 4.77. The molecule has 1 aliphatic heterocycles. The Balaban J connectivity index is 1.37. The molecule has 1 spiro atoms. The maximum Gasteiger partial charge on any atom is 0.191 e. The van der Waals surface area contributed by atoms with E-state index >= 15 is 0 Å². The molecule has 1 aromatic heterocycles. The van der Waals surface area contributed by atoms with Crippen LogP contribution in [0.25, 0.3) is 0 Å². The van der Waals surface area contributed by atoms with Crippen molar-refractivity contribution >= 4 is 22.4 Å². The average molecular weight is 364 g/mol. The van der Waals surface area contributed by atoms with Crippen molar-refractivity contribution < 1.29 is 4.74 Å². The number of aliphatic imine (C=N–C) groups is 1. The molecule has 2 atom stereocenters. The summed E-state index contributed by atoms with van der Waals surface area (Å²) in [6.45, 7) is 6.65. The molecule has 0 amide bonds. The molecular weight excluding hydrogens is 334 g/mol. The highest BCUT2D eigenvalue weighted by Crippen LogP contribution is 2.56. The molecule has 2 N–H and O–H groups in total. The average Bonchev–Trinajstić information content (AvgIpc) is 3.33. The van der Waals surface area contributed by atoms with E-state index in [9.17, 15) is 0 Å². The van der Waals surface area contributed by atoms with Gasteiger partial charge in [0.2, 0.25) is 0 Å². The van der Waals surface area contributed by atoms with Crippen LogP contribution in [0, 0.1) is 5.41 Å². The van der Waals surface area contributed by atoms with Crippen molar-refractivity contribution in [3.63, 3.8) is 0 Å². The van der Waals surface area contributed by atoms with Crippen LogP contribution in [0.5, 0.6) is 0 Å². The minimum atomic E-state index is 0.267. The van der Waals surface area contributed by atoms with Crippen LogP contribution in [0.1, 0.15) is 39.0 Å². The van der Waals surface area contributed by atoms with Crippen molar-refractivity contribution in [3.05, 3.63) is 11.6 Å². The fourth-order valence-corrected chi connectivity index (χ4v) is 5.47. The third kappa shape index (κ3) is 3.12. The lowest BCUT2D eigenvalue weighted by molar-refractivity contribution is -0.119. The van der Waals surface area contributed by atoms with E-state index in [4.69, 9.17) is 15.5 Å². The molecule has 7 heteroatoms. The Hall–Kier alpha value is -1.34. The summed E-state index contributed by atoms with van der Waals surface area (Å²) in [6, 6.07) is 0.351. The molecule has 2 heterocycles. The van der Waals surface area contributed by atoms with Crippen LogP contribution in [0.2, 0.25) is 0 Å². The molecule has 138 valence electrons. The summed E-state index contributed by atoms with van der Waals surface area (Å²) in [5.41, 5.74) is 6.66. The molecule has 6 nitrogen and oxygen atoms in total. The number of hydrogen-bond acceptors (Lipinski definition) is 5. The van der Waals surface area contributed by atoms with E-state index in [1.807, 2.05) is 11.6 Å². The van der Waals surface area contributed by atoms with Gasteiger partial charge in [0.15, 0.2) is 11.1 Å². The molecule has 1 aromatic rings. The van der Waals surface area contributed by atoms with E-state index < -0.39 is 0 Å². The van der Waals surface area contributed by atoms with Crippen molar-refractivity contribution in [3.8, 4) is 0 Å². The number of guanidine groups is 1. The molecule has 1 saturated heterocycles. The second kappa shape index (κ2) is 7.11. The van der Waals surface area contributed by atoms with E-state index in [0.717, 1.165) is 50.3 Å². The van der Waals surface area contributed by atoms with Crippen molar-refractivity contribution in [2.45, 2.75) is 51.2 Å². The zero-order valence-electron chi connectivity index (χ0n) is 15.1. The lowest BCUT2D eigenvalue weighted by Gasteiger charge is -2.52. The number of nitrogens with zero attached hydrogens (tertiary/aromatic N) is 4. The van der Waals surface area contributed by atoms with Gasteiger partial charge in [-0.1, -0.05) is 12.8 Å². The van der Waals surface area contributed by atoms with Gasteiger partial charge in [-0.2, -0.15) is 0 Å². The molecule has 2 saturated carbocycles. The Bertz CT molecular complexity index is 591. The zero-order chi connectivity index (χ0) is 17.3. The SMILES string of the molecule is CCOC1CC(N=C(N)N2CCN(c3nccs3)CC2)C12CCCC2. The molecule has 0 bridgehead atoms. The van der Waals surface area contributed by atoms with Crippen molar-refractivity contribution in [2.24, 2.45) is 16.1 Å². The van der Waals surface area contributed by atoms with E-state index in [0.29, 0.717) is 12.1 Å². The van der Waals surface area contributed by atoms with E-state index in [2.05, 4.69) is 21.7 Å². The zero-order valence-corrected chi connectivity index (χ0v) is 15.9. The van der Waals surface area contributed by atoms with Crippen molar-refractivity contribution in [1.29, 1.82) is 0 Å². The number of nitrogens with two attached hydrogens (primary N) is 1. The van der Waals surface area contributed by atoms with Crippen LogP contribution in [0.3, 0.4) is 0 Å². The lowest BCUT2D eigenvalue weighted by Crippen LogP contribution is -2.58. The van der Waals surface area contributed by atoms with Gasteiger partial charge >= 0.3 is 0 Å². The first-order chi connectivity index (χ1) is 12.2. The fraction of sp³-hybridized carbons (Fsp3) is 0.778. The van der Waals surface area contributed by atoms with Crippen LogP contribution in [-0.4, -0.2) is 60.8 Å². The second-order valence-corrected chi connectivity index (χ2v) is 8.28. The topological polar surface area (TPSA) is 67.0 Å². The Morgan fingerprint density at radius 3 is 2.76 bits per heavy atom. The van der Waals surface area contributed by atoms with Gasteiger partial charge < -0.3 is 20.3 Å². The number of rotatable bonds is 4. The smallest absolute Gasteiger partial charge is 0.191 e. The van der Waals surface area contributed by atoms with Gasteiger partial charge in [0.25, 0.3) is 0 Å². The molecule has 3 aliphatic rings. The maximum atomic E-state index is 6.40. The number of aromatic nitrogens is 1. The summed E-state index contributed by atoms with van der Waals surface area (Å²) < 4.78 is 5.99. The summed E-state index contributed by atoms with van der Waals surface area (Å²) in [5, 5.41) is 3.14. The molecule has 25 heavy (non-hydrogen) atoms. The number of anilines is 1. The minimum absolute atomic E-state index is 0.267. The minimum Gasteiger partial charge on any atom is -0.378 e. The first-order valence-electron chi connectivity index (χ1n) is 9.57. The van der Waals surface area contributed by atoms with Gasteiger partial charge in [-0.15, -0.1) is 11.3 Å². The third-order valence-corrected chi connectivity index (χ3v) is 7.06. The van der Waals surface area contributed by atoms with Crippen molar-refractivity contribution in [2.75, 3.05) is 37.7 Å². The predicted octanol–water partition coefficient (Wildman–Crippen LogP) is 2.32. The Morgan fingerprint density at radius 1 is 1.36 bits per heavy atom. The summed E-state index contributed by atoms with van der Waals surface area (Å²) in [4.78, 5) is 13.9. The van der Waals surface area contributed by atoms with E-state index in [1.165, 1.54) is 25.7 Å². The molecule has 2 aliphatic carbocycles. The van der Waals surface area contributed by atoms with E-state index in [1.54, 1.807) is 11.3 Å². The molecule has 3 fully saturated rings. The van der Waals surface area contributed by atoms with Gasteiger partial charge in [-0.05, 0) is 26.2 Å². The molecule has 0 radical (unpaired) electrons. The number of ether oxygens (including phenoxy) is 1. The Labute approximate surface area is 154 Å². The van der Waals surface area contributed by atoms with Crippen molar-refractivity contribution in [1.82, 2.24) is 9.88 Å². The molecule has 0 aromatic carbocycles. The number of hydrogen-bond donors (Lipinski definition) is 1. The van der Waals surface area contributed by atoms with Gasteiger partial charge in [-0.25, -0.2) is 9.98 Å². The highest BCUT2D eigenvalue weighted by Gasteiger charge is 2.57. The van der Waals surface area contributed by atoms with Crippen LogP contribution in [0.15, 0.2) is 16.6 Å². The van der Waals surface area contributed by atoms with Gasteiger partial charge in [0.05, 0.1) is 12.1 Å². The lowest BCUT2D eigenvalue weighted by atomic mass is 9.61. The van der Waals surface area contributed by atoms with Gasteiger partial charge in [-0.3, -0.25) is 0 Å². The molecule has 4 rings (SSSR count). The monoisotopic (exact) mass is 363 g/mol. The highest BCUT2D eigenvalue weighted by molar-refractivity contribution is 7.13. The summed E-state index contributed by atoms with van der Waals surface area (Å²) >= 11 is 1.70. The molecular formula is C18H29N5OS. The Morgan fingerprint density at radius 2 is 2.12 bits per heavy atom. The number of piperazine rings is 1. The highest BCUT2D eigenvalue weighted by atomic mass is 32.1. The van der Waals surface area contributed by atoms with Crippen LogP contribution in [0.4, 0.5) is 5.13 Å². The second-order valence-electron chi connectivity index (χ2n) is 7.41. The number of thiazole rings is 1. The summed E-state index contributed by atoms with van der Waals surface area (Å²) in [5.74, 6) is 0.727. The Kier molecular flexibility index (Phi) is 4.86. The van der Waals surface area contributed by atoms with Gasteiger partial charge in [0, 0.05) is 49.8 Å². The summed E-state index contributed by atoms with van der Waals surface area (Å²) in [7, 11) is 0. The molecule has 2 unspecified atom stereocenters. The maximum absolute atomic E-state index is 6.40. The first-order valence-corrected chi connectivity index (χ1v) is 10.4. The normalized spacial score (nSPS) is 29.2. The third-order valence-electron chi connectivity index (χ3n) is 6.23. The van der Waals surface area contributed by atoms with Crippen LogP contribution in [-0.2, 0) is 4.74 Å². The first kappa shape index (κ1) is 17.1. The standard InChI is InChI=1S/C18H29N5OS/c1-2-24-15-13-14(18(15)5-3-4-6-18)21-16(19)22-8-10-23(11-9-22)17-20-7-12-25-17/h7,12,14-15H,2-6,8-11,13H2,1H3,(H2,19,21). The van der Waals surface area contributed by atoms with Crippen LogP contribution >= 0.6 is 11.3 Å². The predicted molar refractivity (Wildman–Crippen MR) is 102 cm³/mol.